The standard InChI is InChI=1S/C20H21ClN6O3S/c1-30-16-6-5-15(21)14-17(16)31(28,29)27-12-10-26(11-13-27)20-8-7-19(24-25-20)23-18-4-2-3-9-22-18/h2-9,14H,10-13H2,1H3,(H,22,23,24). The van der Waals surface area contributed by atoms with Crippen LogP contribution in [0.4, 0.5) is 17.5 Å². The first-order valence-electron chi connectivity index (χ1n) is 9.58. The Kier molecular flexibility index (Phi) is 6.21. The molecule has 1 aliphatic rings. The van der Waals surface area contributed by atoms with Crippen molar-refractivity contribution >= 4 is 39.1 Å². The molecular formula is C20H21ClN6O3S. The summed E-state index contributed by atoms with van der Waals surface area (Å²) in [4.78, 5) is 6.26. The summed E-state index contributed by atoms with van der Waals surface area (Å²) >= 11 is 6.01. The van der Waals surface area contributed by atoms with Gasteiger partial charge < -0.3 is 15.0 Å². The molecule has 0 unspecified atom stereocenters. The summed E-state index contributed by atoms with van der Waals surface area (Å²) < 4.78 is 32.9. The van der Waals surface area contributed by atoms with Crippen molar-refractivity contribution in [1.82, 2.24) is 19.5 Å². The van der Waals surface area contributed by atoms with Crippen LogP contribution in [0.25, 0.3) is 0 Å². The Labute approximate surface area is 185 Å². The molecule has 9 nitrogen and oxygen atoms in total. The highest BCUT2D eigenvalue weighted by Gasteiger charge is 2.31. The summed E-state index contributed by atoms with van der Waals surface area (Å²) in [7, 11) is -2.29. The summed E-state index contributed by atoms with van der Waals surface area (Å²) in [6.07, 6.45) is 1.69. The minimum atomic E-state index is -3.73. The lowest BCUT2D eigenvalue weighted by Gasteiger charge is -2.34. The quantitative estimate of drug-likeness (QED) is 0.599. The van der Waals surface area contributed by atoms with Crippen molar-refractivity contribution < 1.29 is 13.2 Å². The third-order valence-electron chi connectivity index (χ3n) is 4.88. The highest BCUT2D eigenvalue weighted by Crippen LogP contribution is 2.30. The molecule has 11 heteroatoms. The van der Waals surface area contributed by atoms with E-state index in [9.17, 15) is 8.42 Å². The van der Waals surface area contributed by atoms with Gasteiger partial charge in [-0.15, -0.1) is 10.2 Å². The molecule has 1 fully saturated rings. The molecular weight excluding hydrogens is 440 g/mol. The fourth-order valence-electron chi connectivity index (χ4n) is 3.28. The molecule has 1 N–H and O–H groups in total. The number of halogens is 1. The molecule has 0 saturated carbocycles. The largest absolute Gasteiger partial charge is 0.495 e. The molecule has 0 bridgehead atoms. The Bertz CT molecular complexity index is 1140. The first-order chi connectivity index (χ1) is 15.0. The van der Waals surface area contributed by atoms with E-state index in [1.165, 1.54) is 17.5 Å². The van der Waals surface area contributed by atoms with Crippen LogP contribution in [-0.4, -0.2) is 61.2 Å². The van der Waals surface area contributed by atoms with Gasteiger partial charge in [0.2, 0.25) is 10.0 Å². The molecule has 0 atom stereocenters. The van der Waals surface area contributed by atoms with Gasteiger partial charge in [0.15, 0.2) is 11.6 Å². The Morgan fingerprint density at radius 2 is 1.81 bits per heavy atom. The number of piperazine rings is 1. The number of anilines is 3. The van der Waals surface area contributed by atoms with Crippen LogP contribution in [0.5, 0.6) is 5.75 Å². The first-order valence-corrected chi connectivity index (χ1v) is 11.4. The maximum Gasteiger partial charge on any atom is 0.246 e. The Morgan fingerprint density at radius 3 is 2.45 bits per heavy atom. The van der Waals surface area contributed by atoms with E-state index in [0.717, 1.165) is 0 Å². The summed E-state index contributed by atoms with van der Waals surface area (Å²) in [6, 6.07) is 13.8. The van der Waals surface area contributed by atoms with E-state index in [0.29, 0.717) is 48.7 Å². The number of hydrogen-bond donors (Lipinski definition) is 1. The Morgan fingerprint density at radius 1 is 1.00 bits per heavy atom. The minimum absolute atomic E-state index is 0.0701. The Hall–Kier alpha value is -2.95. The summed E-state index contributed by atoms with van der Waals surface area (Å²) in [5.74, 6) is 2.22. The average Bonchev–Trinajstić information content (AvgIpc) is 2.80. The normalized spacial score (nSPS) is 15.0. The van der Waals surface area contributed by atoms with Crippen LogP contribution in [0.3, 0.4) is 0 Å². The molecule has 4 rings (SSSR count). The number of nitrogens with zero attached hydrogens (tertiary/aromatic N) is 5. The molecule has 0 radical (unpaired) electrons. The number of sulfonamides is 1. The molecule has 1 saturated heterocycles. The molecule has 1 aromatic carbocycles. The number of rotatable bonds is 6. The van der Waals surface area contributed by atoms with E-state index >= 15 is 0 Å². The molecule has 31 heavy (non-hydrogen) atoms. The minimum Gasteiger partial charge on any atom is -0.495 e. The number of aromatic nitrogens is 3. The third-order valence-corrected chi connectivity index (χ3v) is 7.03. The topological polar surface area (TPSA) is 101 Å². The highest BCUT2D eigenvalue weighted by molar-refractivity contribution is 7.89. The van der Waals surface area contributed by atoms with Gasteiger partial charge in [0.1, 0.15) is 16.5 Å². The lowest BCUT2D eigenvalue weighted by Crippen LogP contribution is -2.49. The predicted molar refractivity (Wildman–Crippen MR) is 119 cm³/mol. The van der Waals surface area contributed by atoms with Gasteiger partial charge in [-0.25, -0.2) is 13.4 Å². The van der Waals surface area contributed by atoms with E-state index in [1.807, 2.05) is 35.2 Å². The van der Waals surface area contributed by atoms with Gasteiger partial charge in [0.25, 0.3) is 0 Å². The van der Waals surface area contributed by atoms with Crippen LogP contribution >= 0.6 is 11.6 Å². The fraction of sp³-hybridized carbons (Fsp3) is 0.250. The zero-order valence-electron chi connectivity index (χ0n) is 16.8. The molecule has 0 aliphatic carbocycles. The van der Waals surface area contributed by atoms with Gasteiger partial charge in [0.05, 0.1) is 7.11 Å². The number of hydrogen-bond acceptors (Lipinski definition) is 8. The van der Waals surface area contributed by atoms with Crippen LogP contribution in [-0.2, 0) is 10.0 Å². The second-order valence-corrected chi connectivity index (χ2v) is 9.15. The highest BCUT2D eigenvalue weighted by atomic mass is 35.5. The Balaban J connectivity index is 1.42. The second-order valence-electron chi connectivity index (χ2n) is 6.80. The van der Waals surface area contributed by atoms with Crippen molar-refractivity contribution in [3.05, 3.63) is 59.8 Å². The molecule has 3 heterocycles. The lowest BCUT2D eigenvalue weighted by molar-refractivity contribution is 0.373. The van der Waals surface area contributed by atoms with Gasteiger partial charge >= 0.3 is 0 Å². The zero-order valence-corrected chi connectivity index (χ0v) is 18.3. The van der Waals surface area contributed by atoms with E-state index < -0.39 is 10.0 Å². The number of pyridine rings is 1. The summed E-state index contributed by atoms with van der Waals surface area (Å²) in [6.45, 7) is 1.61. The molecule has 162 valence electrons. The van der Waals surface area contributed by atoms with Gasteiger partial charge in [0, 0.05) is 37.4 Å². The number of benzene rings is 1. The van der Waals surface area contributed by atoms with Crippen molar-refractivity contribution in [2.45, 2.75) is 4.90 Å². The third kappa shape index (κ3) is 4.71. The number of nitrogens with one attached hydrogen (secondary N) is 1. The van der Waals surface area contributed by atoms with Crippen LogP contribution in [0.2, 0.25) is 5.02 Å². The van der Waals surface area contributed by atoms with E-state index in [2.05, 4.69) is 20.5 Å². The molecule has 2 aromatic heterocycles. The van der Waals surface area contributed by atoms with Crippen molar-refractivity contribution in [2.75, 3.05) is 43.5 Å². The summed E-state index contributed by atoms with van der Waals surface area (Å²) in [5, 5.41) is 11.9. The molecule has 1 aliphatic heterocycles. The lowest BCUT2D eigenvalue weighted by atomic mass is 10.3. The molecule has 3 aromatic rings. The van der Waals surface area contributed by atoms with Crippen LogP contribution in [0, 0.1) is 0 Å². The molecule has 0 spiro atoms. The SMILES string of the molecule is COc1ccc(Cl)cc1S(=O)(=O)N1CCN(c2ccc(Nc3ccccn3)nn2)CC1. The monoisotopic (exact) mass is 460 g/mol. The predicted octanol–water partition coefficient (Wildman–Crippen LogP) is 2.79. The smallest absolute Gasteiger partial charge is 0.246 e. The fourth-order valence-corrected chi connectivity index (χ4v) is 5.12. The second kappa shape index (κ2) is 9.04. The van der Waals surface area contributed by atoms with Crippen LogP contribution in [0.1, 0.15) is 0 Å². The van der Waals surface area contributed by atoms with Crippen LogP contribution in [0.15, 0.2) is 59.6 Å². The van der Waals surface area contributed by atoms with Crippen LogP contribution < -0.4 is 15.0 Å². The first kappa shape index (κ1) is 21.3. The number of ether oxygens (including phenoxy) is 1. The zero-order chi connectivity index (χ0) is 21.8. The van der Waals surface area contributed by atoms with Gasteiger partial charge in [-0.3, -0.25) is 0 Å². The maximum atomic E-state index is 13.1. The van der Waals surface area contributed by atoms with Gasteiger partial charge in [-0.1, -0.05) is 17.7 Å². The van der Waals surface area contributed by atoms with Gasteiger partial charge in [-0.2, -0.15) is 4.31 Å². The van der Waals surface area contributed by atoms with Gasteiger partial charge in [-0.05, 0) is 42.5 Å². The van der Waals surface area contributed by atoms with E-state index in [1.54, 1.807) is 18.3 Å². The average molecular weight is 461 g/mol. The van der Waals surface area contributed by atoms with Crippen molar-refractivity contribution in [3.8, 4) is 5.75 Å². The molecule has 0 amide bonds. The van der Waals surface area contributed by atoms with E-state index in [4.69, 9.17) is 16.3 Å². The van der Waals surface area contributed by atoms with Crippen molar-refractivity contribution in [1.29, 1.82) is 0 Å². The number of methoxy groups -OCH3 is 1. The summed E-state index contributed by atoms with van der Waals surface area (Å²) in [5.41, 5.74) is 0. The van der Waals surface area contributed by atoms with Crippen molar-refractivity contribution in [3.63, 3.8) is 0 Å². The van der Waals surface area contributed by atoms with Crippen molar-refractivity contribution in [2.24, 2.45) is 0 Å². The maximum absolute atomic E-state index is 13.1. The van der Waals surface area contributed by atoms with E-state index in [-0.39, 0.29) is 10.6 Å².